The molecule has 180 valence electrons. The number of allylic oxidation sites excluding steroid dienone is 1. The quantitative estimate of drug-likeness (QED) is 0.540. The van der Waals surface area contributed by atoms with Crippen LogP contribution in [-0.2, 0) is 11.2 Å². The average molecular weight is 473 g/mol. The summed E-state index contributed by atoms with van der Waals surface area (Å²) in [6.07, 6.45) is 7.48. The first-order valence-electron chi connectivity index (χ1n) is 11.7. The van der Waals surface area contributed by atoms with Crippen molar-refractivity contribution in [2.75, 3.05) is 38.2 Å². The summed E-state index contributed by atoms with van der Waals surface area (Å²) in [5.41, 5.74) is 5.25. The van der Waals surface area contributed by atoms with Gasteiger partial charge in [0.05, 0.1) is 18.5 Å². The van der Waals surface area contributed by atoms with Crippen molar-refractivity contribution in [3.8, 4) is 17.1 Å². The van der Waals surface area contributed by atoms with Gasteiger partial charge in [0.1, 0.15) is 17.5 Å². The molecule has 3 aromatic rings. The van der Waals surface area contributed by atoms with Gasteiger partial charge in [0, 0.05) is 74.1 Å². The highest BCUT2D eigenvalue weighted by Gasteiger charge is 2.28. The number of pyridine rings is 2. The molecule has 35 heavy (non-hydrogen) atoms. The van der Waals surface area contributed by atoms with Gasteiger partial charge >= 0.3 is 0 Å². The van der Waals surface area contributed by atoms with Gasteiger partial charge in [0.2, 0.25) is 5.88 Å². The van der Waals surface area contributed by atoms with Gasteiger partial charge in [-0.05, 0) is 38.1 Å². The number of hydrogen-bond acceptors (Lipinski definition) is 9. The van der Waals surface area contributed by atoms with Crippen molar-refractivity contribution < 1.29 is 14.1 Å². The van der Waals surface area contributed by atoms with Gasteiger partial charge in [-0.1, -0.05) is 5.16 Å². The number of nitrogens with zero attached hydrogens (tertiary/aromatic N) is 6. The Labute approximate surface area is 204 Å². The first kappa shape index (κ1) is 22.8. The molecule has 1 saturated heterocycles. The van der Waals surface area contributed by atoms with E-state index in [4.69, 9.17) is 9.26 Å². The van der Waals surface area contributed by atoms with E-state index in [1.807, 2.05) is 44.3 Å². The maximum atomic E-state index is 13.0. The number of hydrogen-bond donors (Lipinski definition) is 0. The SMILES string of the molecule is COc1ncccc1N1CCN(C2=CC(=O)C(Cc3c(-c4ccc(C)nc4)noc3C)N=C2)CC1. The van der Waals surface area contributed by atoms with Gasteiger partial charge in [-0.25, -0.2) is 4.98 Å². The third-order valence-electron chi connectivity index (χ3n) is 6.50. The summed E-state index contributed by atoms with van der Waals surface area (Å²) in [6.45, 7) is 6.97. The van der Waals surface area contributed by atoms with Crippen LogP contribution in [0.25, 0.3) is 11.3 Å². The molecule has 9 heteroatoms. The normalized spacial score (nSPS) is 18.1. The molecule has 0 saturated carbocycles. The van der Waals surface area contributed by atoms with Crippen LogP contribution in [0, 0.1) is 13.8 Å². The van der Waals surface area contributed by atoms with Gasteiger partial charge < -0.3 is 19.1 Å². The standard InChI is InChI=1S/C26H28N6O3/c1-17-6-7-19(15-28-17)25-21(18(2)35-30-25)14-22-24(33)13-20(16-29-22)31-9-11-32(12-10-31)23-5-4-8-27-26(23)34-3/h4-8,13,15-16,22H,9-12,14H2,1-3H3. The number of carbonyl (C=O) groups excluding carboxylic acids is 1. The Morgan fingerprint density at radius 2 is 1.89 bits per heavy atom. The molecule has 1 unspecified atom stereocenters. The van der Waals surface area contributed by atoms with Crippen molar-refractivity contribution in [1.29, 1.82) is 0 Å². The third-order valence-corrected chi connectivity index (χ3v) is 6.50. The minimum Gasteiger partial charge on any atom is -0.480 e. The summed E-state index contributed by atoms with van der Waals surface area (Å²) in [4.78, 5) is 30.8. The maximum Gasteiger partial charge on any atom is 0.237 e. The molecule has 0 bridgehead atoms. The van der Waals surface area contributed by atoms with Crippen molar-refractivity contribution in [3.63, 3.8) is 0 Å². The fourth-order valence-electron chi connectivity index (χ4n) is 4.49. The lowest BCUT2D eigenvalue weighted by atomic mass is 9.97. The zero-order valence-electron chi connectivity index (χ0n) is 20.1. The van der Waals surface area contributed by atoms with Crippen LogP contribution in [0.5, 0.6) is 5.88 Å². The smallest absolute Gasteiger partial charge is 0.237 e. The number of ketones is 1. The third kappa shape index (κ3) is 4.66. The number of carbonyl (C=O) groups is 1. The largest absolute Gasteiger partial charge is 0.480 e. The van der Waals surface area contributed by atoms with Gasteiger partial charge in [0.15, 0.2) is 5.78 Å². The van der Waals surface area contributed by atoms with E-state index in [0.717, 1.165) is 60.1 Å². The van der Waals surface area contributed by atoms with Crippen LogP contribution in [0.15, 0.2) is 57.9 Å². The minimum atomic E-state index is -0.491. The zero-order valence-corrected chi connectivity index (χ0v) is 20.1. The highest BCUT2D eigenvalue weighted by Crippen LogP contribution is 2.29. The summed E-state index contributed by atoms with van der Waals surface area (Å²) < 4.78 is 10.9. The molecule has 5 heterocycles. The number of anilines is 1. The lowest BCUT2D eigenvalue weighted by Crippen LogP contribution is -2.47. The van der Waals surface area contributed by atoms with Gasteiger partial charge in [0.25, 0.3) is 0 Å². The fraction of sp³-hybridized carbons (Fsp3) is 0.346. The molecule has 0 N–H and O–H groups in total. The minimum absolute atomic E-state index is 0.00700. The second-order valence-corrected chi connectivity index (χ2v) is 8.73. The Morgan fingerprint density at radius 1 is 1.09 bits per heavy atom. The van der Waals surface area contributed by atoms with E-state index in [0.29, 0.717) is 18.1 Å². The summed E-state index contributed by atoms with van der Waals surface area (Å²) in [6, 6.07) is 7.34. The van der Waals surface area contributed by atoms with Crippen LogP contribution >= 0.6 is 0 Å². The lowest BCUT2D eigenvalue weighted by Gasteiger charge is -2.38. The summed E-state index contributed by atoms with van der Waals surface area (Å²) in [5.74, 6) is 1.31. The molecule has 1 fully saturated rings. The number of methoxy groups -OCH3 is 1. The predicted octanol–water partition coefficient (Wildman–Crippen LogP) is 3.03. The van der Waals surface area contributed by atoms with Crippen LogP contribution in [0.3, 0.4) is 0 Å². The Balaban J connectivity index is 1.25. The number of ether oxygens (including phenoxy) is 1. The topological polar surface area (TPSA) is 97.0 Å². The van der Waals surface area contributed by atoms with Crippen molar-refractivity contribution >= 4 is 17.7 Å². The molecule has 1 atom stereocenters. The first-order valence-corrected chi connectivity index (χ1v) is 11.7. The molecule has 9 nitrogen and oxygen atoms in total. The lowest BCUT2D eigenvalue weighted by molar-refractivity contribution is -0.115. The van der Waals surface area contributed by atoms with Crippen molar-refractivity contribution in [2.24, 2.45) is 4.99 Å². The maximum absolute atomic E-state index is 13.0. The predicted molar refractivity (Wildman–Crippen MR) is 133 cm³/mol. The molecule has 0 radical (unpaired) electrons. The molecular formula is C26H28N6O3. The Bertz CT molecular complexity index is 1270. The highest BCUT2D eigenvalue weighted by atomic mass is 16.5. The number of aliphatic imine (C=N–C) groups is 1. The Morgan fingerprint density at radius 3 is 2.60 bits per heavy atom. The van der Waals surface area contributed by atoms with Crippen LogP contribution in [0.2, 0.25) is 0 Å². The second kappa shape index (κ2) is 9.69. The highest BCUT2D eigenvalue weighted by molar-refractivity contribution is 6.03. The van der Waals surface area contributed by atoms with E-state index in [9.17, 15) is 4.79 Å². The van der Waals surface area contributed by atoms with Gasteiger partial charge in [-0.2, -0.15) is 0 Å². The Kier molecular flexibility index (Phi) is 6.31. The second-order valence-electron chi connectivity index (χ2n) is 8.73. The molecule has 0 aliphatic carbocycles. The molecule has 2 aliphatic heterocycles. The summed E-state index contributed by atoms with van der Waals surface area (Å²) >= 11 is 0. The van der Waals surface area contributed by atoms with Gasteiger partial charge in [-0.3, -0.25) is 14.8 Å². The van der Waals surface area contributed by atoms with Crippen LogP contribution in [0.4, 0.5) is 5.69 Å². The van der Waals surface area contributed by atoms with E-state index >= 15 is 0 Å². The van der Waals surface area contributed by atoms with E-state index in [1.54, 1.807) is 25.6 Å². The van der Waals surface area contributed by atoms with Crippen LogP contribution in [0.1, 0.15) is 17.0 Å². The number of aryl methyl sites for hydroxylation is 2. The van der Waals surface area contributed by atoms with E-state index < -0.39 is 6.04 Å². The van der Waals surface area contributed by atoms with E-state index in [1.165, 1.54) is 0 Å². The van der Waals surface area contributed by atoms with E-state index in [-0.39, 0.29) is 5.78 Å². The molecular weight excluding hydrogens is 444 g/mol. The van der Waals surface area contributed by atoms with Crippen molar-refractivity contribution in [1.82, 2.24) is 20.0 Å². The van der Waals surface area contributed by atoms with Gasteiger partial charge in [-0.15, -0.1) is 0 Å². The first-order chi connectivity index (χ1) is 17.0. The Hall–Kier alpha value is -4.01. The van der Waals surface area contributed by atoms with Crippen molar-refractivity contribution in [3.05, 3.63) is 65.4 Å². The van der Waals surface area contributed by atoms with Crippen LogP contribution < -0.4 is 9.64 Å². The summed E-state index contributed by atoms with van der Waals surface area (Å²) in [7, 11) is 1.63. The van der Waals surface area contributed by atoms with Crippen molar-refractivity contribution in [2.45, 2.75) is 26.3 Å². The summed E-state index contributed by atoms with van der Waals surface area (Å²) in [5, 5.41) is 4.22. The fourth-order valence-corrected chi connectivity index (χ4v) is 4.49. The average Bonchev–Trinajstić information content (AvgIpc) is 3.25. The van der Waals surface area contributed by atoms with E-state index in [2.05, 4.69) is 29.9 Å². The van der Waals surface area contributed by atoms with Crippen LogP contribution in [-0.4, -0.2) is 71.4 Å². The number of dihydropyridines is 1. The molecule has 0 aromatic carbocycles. The number of aromatic nitrogens is 3. The molecule has 5 rings (SSSR count). The molecule has 0 amide bonds. The number of rotatable bonds is 6. The monoisotopic (exact) mass is 472 g/mol. The number of piperazine rings is 1. The molecule has 2 aliphatic rings. The molecule has 0 spiro atoms. The molecule has 3 aromatic heterocycles. The zero-order chi connectivity index (χ0) is 24.4.